The van der Waals surface area contributed by atoms with Gasteiger partial charge < -0.3 is 59.7 Å². The van der Waals surface area contributed by atoms with Crippen LogP contribution in [0.25, 0.3) is 0 Å². The normalized spacial score (nSPS) is 29.4. The van der Waals surface area contributed by atoms with Crippen molar-refractivity contribution in [2.24, 2.45) is 53.3 Å². The number of hydrogen-bond donors (Lipinski definition) is 3. The Morgan fingerprint density at radius 1 is 0.531 bits per heavy atom. The van der Waals surface area contributed by atoms with Gasteiger partial charge >= 0.3 is 0 Å². The highest BCUT2D eigenvalue weighted by Gasteiger charge is 2.47. The summed E-state index contributed by atoms with van der Waals surface area (Å²) in [6.07, 6.45) is 4.03. The highest BCUT2D eigenvalue weighted by molar-refractivity contribution is 6.00. The summed E-state index contributed by atoms with van der Waals surface area (Å²) < 4.78 is 5.98. The summed E-state index contributed by atoms with van der Waals surface area (Å²) in [6.45, 7) is 30.7. The number of ketones is 2. The van der Waals surface area contributed by atoms with Crippen molar-refractivity contribution in [3.8, 4) is 0 Å². The molecule has 3 aliphatic heterocycles. The number of aliphatic hydroxyl groups is 1. The lowest BCUT2D eigenvalue weighted by atomic mass is 9.88. The third-order valence-corrected chi connectivity index (χ3v) is 20.1. The first-order valence-corrected chi connectivity index (χ1v) is 35.3. The second kappa shape index (κ2) is 37.6. The predicted octanol–water partition coefficient (Wildman–Crippen LogP) is 5.60. The van der Waals surface area contributed by atoms with Crippen LogP contribution >= 0.6 is 0 Å². The SMILES string of the molecule is C/C=C/C[C@@H](C)[C@@H](O)[C@H]1C(=O)N[C@@H](CC)C(=O)N(C)[C@H](C)C(=O)N(C)[C@@H]([C@H](C)CCC(=O)N2CC3CCC(C2)O3)C(=O)N[C@@H](C(C)C)C(=O)N(C)[C@@H](CC(C)C)C(=O)C[C@@H](C)C(=O)C[C@H](C)C(=O)N(C)[C@@H](CC(C)C)C(=O)N(C)[C@@H](CC(C)C)C(=O)N(C)[C@@H](C(C)C)C(=O)N1C. The van der Waals surface area contributed by atoms with Gasteiger partial charge in [0.1, 0.15) is 54.1 Å². The van der Waals surface area contributed by atoms with Crippen LogP contribution in [-0.2, 0) is 62.3 Å². The van der Waals surface area contributed by atoms with Crippen molar-refractivity contribution in [1.29, 1.82) is 0 Å². The Balaban J connectivity index is 2.33. The summed E-state index contributed by atoms with van der Waals surface area (Å²) in [5.41, 5.74) is 0. The molecule has 546 valence electrons. The van der Waals surface area contributed by atoms with Crippen molar-refractivity contribution in [2.45, 2.75) is 261 Å². The Morgan fingerprint density at radius 3 is 1.48 bits per heavy atom. The van der Waals surface area contributed by atoms with E-state index in [-0.39, 0.29) is 87.2 Å². The van der Waals surface area contributed by atoms with Gasteiger partial charge in [-0.25, -0.2) is 0 Å². The largest absolute Gasteiger partial charge is 0.390 e. The molecule has 3 rings (SSSR count). The Morgan fingerprint density at radius 2 is 0.990 bits per heavy atom. The molecule has 3 saturated heterocycles. The zero-order valence-corrected chi connectivity index (χ0v) is 62.8. The summed E-state index contributed by atoms with van der Waals surface area (Å²) >= 11 is 0. The van der Waals surface area contributed by atoms with Gasteiger partial charge in [-0.2, -0.15) is 0 Å². The summed E-state index contributed by atoms with van der Waals surface area (Å²) in [7, 11) is 10.0. The van der Waals surface area contributed by atoms with Crippen molar-refractivity contribution in [3.05, 3.63) is 12.2 Å². The zero-order valence-electron chi connectivity index (χ0n) is 62.8. The second-order valence-corrected chi connectivity index (χ2v) is 30.2. The molecular formula is C72H124N10O14. The summed E-state index contributed by atoms with van der Waals surface area (Å²) in [5.74, 6) is -11.8. The van der Waals surface area contributed by atoms with Crippen LogP contribution in [0, 0.1) is 53.3 Å². The van der Waals surface area contributed by atoms with Crippen LogP contribution in [-0.4, -0.2) is 250 Å². The number of rotatable bonds is 17. The second-order valence-electron chi connectivity index (χ2n) is 30.2. The number of nitrogens with one attached hydrogen (secondary N) is 2. The number of fused-ring (bicyclic) bond motifs is 2. The first kappa shape index (κ1) is 83.9. The topological polar surface area (TPSA) is 284 Å². The Bertz CT molecular complexity index is 2720. The molecule has 0 radical (unpaired) electrons. The average Bonchev–Trinajstić information content (AvgIpc) is 0.905. The minimum atomic E-state index is -1.64. The van der Waals surface area contributed by atoms with E-state index in [0.717, 1.165) is 22.6 Å². The van der Waals surface area contributed by atoms with Crippen LogP contribution in [0.5, 0.6) is 0 Å². The van der Waals surface area contributed by atoms with E-state index in [1.165, 1.54) is 80.8 Å². The summed E-state index contributed by atoms with van der Waals surface area (Å²) in [6, 6.07) is -11.4. The van der Waals surface area contributed by atoms with Gasteiger partial charge in [-0.05, 0) is 107 Å². The van der Waals surface area contributed by atoms with Gasteiger partial charge in [-0.3, -0.25) is 57.5 Å². The maximum atomic E-state index is 15.3. The third kappa shape index (κ3) is 21.8. The quantitative estimate of drug-likeness (QED) is 0.150. The molecule has 3 heterocycles. The molecule has 0 aromatic heterocycles. The number of morpholine rings is 1. The highest BCUT2D eigenvalue weighted by Crippen LogP contribution is 2.30. The number of nitrogens with zero attached hydrogens (tertiary/aromatic N) is 8. The predicted molar refractivity (Wildman–Crippen MR) is 369 cm³/mol. The van der Waals surface area contributed by atoms with E-state index in [1.54, 1.807) is 80.2 Å². The first-order valence-electron chi connectivity index (χ1n) is 35.3. The fraction of sp³-hybridized carbons (Fsp3) is 0.806. The molecule has 2 unspecified atom stereocenters. The molecule has 2 bridgehead atoms. The molecule has 0 aromatic rings. The van der Waals surface area contributed by atoms with Crippen LogP contribution in [0.15, 0.2) is 12.2 Å². The molecule has 24 heteroatoms. The van der Waals surface area contributed by atoms with Crippen molar-refractivity contribution >= 4 is 70.6 Å². The molecule has 0 aromatic carbocycles. The number of carbonyl (C=O) groups excluding carboxylic acids is 12. The molecule has 3 fully saturated rings. The van der Waals surface area contributed by atoms with Crippen LogP contribution in [0.1, 0.15) is 188 Å². The average molecular weight is 1350 g/mol. The number of Topliss-reactive ketones (excluding diaryl/α,β-unsaturated/α-hetero) is 2. The van der Waals surface area contributed by atoms with Gasteiger partial charge in [-0.1, -0.05) is 116 Å². The highest BCUT2D eigenvalue weighted by atomic mass is 16.5. The standard InChI is InChI=1S/C72H124N10O14/c1-25-27-28-46(14)63(86)62-65(88)73-52(26-2)68(91)75(18)49(17)67(90)80(23)61(45(13)29-32-58(85)82-38-50-30-31-51(39-82)96-50)64(87)74-59(43(9)10)71(94)76(19)53(33-40(3)4)57(84)36-47(15)56(83)37-48(16)66(89)77(20)54(34-41(5)6)69(92)78(21)55(35-42(7)8)70(93)79(22)60(44(11)12)72(95)81(62)24/h25,27,40-55,59-63,86H,26,28-39H2,1-24H3,(H,73,88)(H,74,87)/b27-25+/t45-,46-,47-,48+,49-,50?,51?,52+,53+,54+,55+,59+,60+,61+,62+,63-/m1/s1. The fourth-order valence-electron chi connectivity index (χ4n) is 13.8. The molecule has 24 nitrogen and oxygen atoms in total. The number of likely N-dealkylation sites (N-methyl/N-ethyl adjacent to an activating group) is 7. The number of likely N-dealkylation sites (tertiary alicyclic amines) is 1. The summed E-state index contributed by atoms with van der Waals surface area (Å²) in [5, 5.41) is 18.0. The minimum Gasteiger partial charge on any atom is -0.390 e. The lowest BCUT2D eigenvalue weighted by Crippen LogP contribution is -2.64. The van der Waals surface area contributed by atoms with Gasteiger partial charge in [-0.15, -0.1) is 0 Å². The Labute approximate surface area is 574 Å². The number of allylic oxidation sites excluding steroid dienone is 2. The zero-order chi connectivity index (χ0) is 73.4. The van der Waals surface area contributed by atoms with E-state index in [0.29, 0.717) is 19.5 Å². The molecule has 3 N–H and O–H groups in total. The number of ether oxygens (including phenoxy) is 1. The summed E-state index contributed by atoms with van der Waals surface area (Å²) in [4.78, 5) is 189. The lowest BCUT2D eigenvalue weighted by Gasteiger charge is -2.41. The van der Waals surface area contributed by atoms with Crippen molar-refractivity contribution in [2.75, 3.05) is 62.4 Å². The van der Waals surface area contributed by atoms with Crippen molar-refractivity contribution < 1.29 is 67.4 Å². The lowest BCUT2D eigenvalue weighted by molar-refractivity contribution is -0.157. The molecule has 3 aliphatic rings. The molecule has 0 saturated carbocycles. The van der Waals surface area contributed by atoms with Gasteiger partial charge in [0.2, 0.25) is 59.1 Å². The van der Waals surface area contributed by atoms with E-state index in [9.17, 15) is 29.1 Å². The number of hydrogen-bond acceptors (Lipinski definition) is 14. The maximum absolute atomic E-state index is 15.3. The molecule has 96 heavy (non-hydrogen) atoms. The van der Waals surface area contributed by atoms with Crippen LogP contribution in [0.2, 0.25) is 0 Å². The first-order chi connectivity index (χ1) is 44.6. The van der Waals surface area contributed by atoms with Crippen LogP contribution < -0.4 is 10.6 Å². The van der Waals surface area contributed by atoms with Crippen molar-refractivity contribution in [1.82, 2.24) is 49.8 Å². The maximum Gasteiger partial charge on any atom is 0.246 e. The minimum absolute atomic E-state index is 0.0167. The van der Waals surface area contributed by atoms with Gasteiger partial charge in [0.15, 0.2) is 5.78 Å². The van der Waals surface area contributed by atoms with Crippen LogP contribution in [0.3, 0.4) is 0 Å². The molecule has 16 atom stereocenters. The third-order valence-electron chi connectivity index (χ3n) is 20.1. The number of aliphatic hydroxyl groups excluding tert-OH is 1. The smallest absolute Gasteiger partial charge is 0.246 e. The van der Waals surface area contributed by atoms with Gasteiger partial charge in [0.25, 0.3) is 0 Å². The van der Waals surface area contributed by atoms with E-state index < -0.39 is 161 Å². The van der Waals surface area contributed by atoms with E-state index >= 15 is 33.6 Å². The molecule has 10 amide bonds. The van der Waals surface area contributed by atoms with E-state index in [4.69, 9.17) is 4.74 Å². The van der Waals surface area contributed by atoms with Crippen molar-refractivity contribution in [3.63, 3.8) is 0 Å². The van der Waals surface area contributed by atoms with Crippen LogP contribution in [0.4, 0.5) is 0 Å². The number of amides is 10. The van der Waals surface area contributed by atoms with Gasteiger partial charge in [0.05, 0.1) is 24.4 Å². The van der Waals surface area contributed by atoms with E-state index in [2.05, 4.69) is 10.6 Å². The fourth-order valence-corrected chi connectivity index (χ4v) is 13.8. The monoisotopic (exact) mass is 1350 g/mol. The van der Waals surface area contributed by atoms with E-state index in [1.807, 2.05) is 47.6 Å². The molecular weight excluding hydrogens is 1230 g/mol. The molecule has 0 aliphatic carbocycles. The Hall–Kier alpha value is -6.30. The van der Waals surface area contributed by atoms with Gasteiger partial charge in [0, 0.05) is 93.5 Å². The number of carbonyl (C=O) groups is 12. The Kier molecular flexibility index (Phi) is 32.9. The molecule has 0 spiro atoms.